The number of aryl methyl sites for hydroxylation is 1. The summed E-state index contributed by atoms with van der Waals surface area (Å²) in [5, 5.41) is 3.59. The Morgan fingerprint density at radius 1 is 1.25 bits per heavy atom. The standard InChI is InChI=1S/C16H24N2OS/c1-4-14-15(19)18(11-10-17-5-2)16(20-14)13-8-6-12(3)7-9-13/h6-9,14,16-17H,4-5,10-11H2,1-3H3. The molecule has 20 heavy (non-hydrogen) atoms. The fourth-order valence-corrected chi connectivity index (χ4v) is 3.88. The van der Waals surface area contributed by atoms with Gasteiger partial charge in [-0.1, -0.05) is 43.7 Å². The van der Waals surface area contributed by atoms with Crippen molar-refractivity contribution in [1.82, 2.24) is 10.2 Å². The van der Waals surface area contributed by atoms with E-state index in [1.807, 2.05) is 4.90 Å². The molecule has 1 heterocycles. The highest BCUT2D eigenvalue weighted by atomic mass is 32.2. The van der Waals surface area contributed by atoms with E-state index in [1.165, 1.54) is 11.1 Å². The summed E-state index contributed by atoms with van der Waals surface area (Å²) in [5.41, 5.74) is 2.50. The van der Waals surface area contributed by atoms with E-state index < -0.39 is 0 Å². The Balaban J connectivity index is 2.15. The topological polar surface area (TPSA) is 32.3 Å². The fraction of sp³-hybridized carbons (Fsp3) is 0.562. The molecule has 1 aromatic carbocycles. The Labute approximate surface area is 126 Å². The monoisotopic (exact) mass is 292 g/mol. The van der Waals surface area contributed by atoms with Crippen molar-refractivity contribution in [2.75, 3.05) is 19.6 Å². The van der Waals surface area contributed by atoms with Crippen LogP contribution in [0.15, 0.2) is 24.3 Å². The van der Waals surface area contributed by atoms with Crippen molar-refractivity contribution in [3.63, 3.8) is 0 Å². The molecule has 0 radical (unpaired) electrons. The summed E-state index contributed by atoms with van der Waals surface area (Å²) in [4.78, 5) is 14.5. The summed E-state index contributed by atoms with van der Waals surface area (Å²) in [6.45, 7) is 8.87. The number of amides is 1. The summed E-state index contributed by atoms with van der Waals surface area (Å²) in [6.07, 6.45) is 0.906. The van der Waals surface area contributed by atoms with E-state index in [0.29, 0.717) is 5.91 Å². The zero-order valence-corrected chi connectivity index (χ0v) is 13.4. The summed E-state index contributed by atoms with van der Waals surface area (Å²) in [7, 11) is 0. The molecule has 2 atom stereocenters. The van der Waals surface area contributed by atoms with Crippen molar-refractivity contribution in [3.8, 4) is 0 Å². The lowest BCUT2D eigenvalue weighted by Gasteiger charge is -2.24. The zero-order valence-electron chi connectivity index (χ0n) is 12.6. The predicted molar refractivity (Wildman–Crippen MR) is 85.8 cm³/mol. The SMILES string of the molecule is CCNCCN1C(=O)C(CC)SC1c1ccc(C)cc1. The molecule has 0 saturated carbocycles. The van der Waals surface area contributed by atoms with Crippen LogP contribution in [0, 0.1) is 6.92 Å². The maximum absolute atomic E-state index is 12.5. The van der Waals surface area contributed by atoms with Crippen LogP contribution in [0.4, 0.5) is 0 Å². The van der Waals surface area contributed by atoms with Gasteiger partial charge in [-0.05, 0) is 25.5 Å². The largest absolute Gasteiger partial charge is 0.324 e. The molecule has 1 aliphatic heterocycles. The van der Waals surface area contributed by atoms with Gasteiger partial charge in [-0.2, -0.15) is 0 Å². The van der Waals surface area contributed by atoms with E-state index in [-0.39, 0.29) is 10.6 Å². The van der Waals surface area contributed by atoms with Crippen molar-refractivity contribution in [2.45, 2.75) is 37.8 Å². The molecule has 1 aliphatic rings. The van der Waals surface area contributed by atoms with Gasteiger partial charge in [0.15, 0.2) is 0 Å². The van der Waals surface area contributed by atoms with Gasteiger partial charge in [-0.25, -0.2) is 0 Å². The molecular weight excluding hydrogens is 268 g/mol. The Kier molecular flexibility index (Phi) is 5.49. The molecule has 2 unspecified atom stereocenters. The third-order valence-electron chi connectivity index (χ3n) is 3.65. The second kappa shape index (κ2) is 7.14. The number of nitrogens with zero attached hydrogens (tertiary/aromatic N) is 1. The van der Waals surface area contributed by atoms with Crippen molar-refractivity contribution in [2.24, 2.45) is 0 Å². The van der Waals surface area contributed by atoms with Crippen LogP contribution >= 0.6 is 11.8 Å². The van der Waals surface area contributed by atoms with Gasteiger partial charge >= 0.3 is 0 Å². The van der Waals surface area contributed by atoms with Crippen LogP contribution in [-0.4, -0.2) is 35.7 Å². The first-order valence-electron chi connectivity index (χ1n) is 7.40. The molecule has 110 valence electrons. The summed E-state index contributed by atoms with van der Waals surface area (Å²) in [6, 6.07) is 8.56. The highest BCUT2D eigenvalue weighted by molar-refractivity contribution is 8.01. The van der Waals surface area contributed by atoms with Gasteiger partial charge in [-0.15, -0.1) is 11.8 Å². The average molecular weight is 292 g/mol. The third-order valence-corrected chi connectivity index (χ3v) is 5.30. The molecule has 1 fully saturated rings. The minimum Gasteiger partial charge on any atom is -0.324 e. The minimum atomic E-state index is 0.114. The van der Waals surface area contributed by atoms with Gasteiger partial charge in [-0.3, -0.25) is 4.79 Å². The number of benzene rings is 1. The fourth-order valence-electron chi connectivity index (χ4n) is 2.45. The van der Waals surface area contributed by atoms with Crippen LogP contribution in [0.5, 0.6) is 0 Å². The van der Waals surface area contributed by atoms with Gasteiger partial charge in [0.25, 0.3) is 0 Å². The molecule has 1 saturated heterocycles. The van der Waals surface area contributed by atoms with Crippen molar-refractivity contribution in [1.29, 1.82) is 0 Å². The molecule has 0 bridgehead atoms. The smallest absolute Gasteiger partial charge is 0.236 e. The van der Waals surface area contributed by atoms with Gasteiger partial charge in [0, 0.05) is 13.1 Å². The first kappa shape index (κ1) is 15.4. The van der Waals surface area contributed by atoms with Crippen molar-refractivity contribution < 1.29 is 4.79 Å². The number of rotatable bonds is 6. The number of carbonyl (C=O) groups excluding carboxylic acids is 1. The second-order valence-corrected chi connectivity index (χ2v) is 6.47. The highest BCUT2D eigenvalue weighted by Gasteiger charge is 2.39. The average Bonchev–Trinajstić information content (AvgIpc) is 2.77. The van der Waals surface area contributed by atoms with Crippen LogP contribution < -0.4 is 5.32 Å². The van der Waals surface area contributed by atoms with E-state index in [1.54, 1.807) is 11.8 Å². The van der Waals surface area contributed by atoms with Gasteiger partial charge < -0.3 is 10.2 Å². The van der Waals surface area contributed by atoms with Crippen LogP contribution in [-0.2, 0) is 4.79 Å². The van der Waals surface area contributed by atoms with Gasteiger partial charge in [0.1, 0.15) is 5.37 Å². The molecule has 1 N–H and O–H groups in total. The highest BCUT2D eigenvalue weighted by Crippen LogP contribution is 2.43. The normalized spacial score (nSPS) is 22.6. The maximum atomic E-state index is 12.5. The van der Waals surface area contributed by atoms with Crippen LogP contribution in [0.2, 0.25) is 0 Å². The Morgan fingerprint density at radius 3 is 2.55 bits per heavy atom. The van der Waals surface area contributed by atoms with E-state index in [2.05, 4.69) is 50.4 Å². The molecule has 1 amide bonds. The van der Waals surface area contributed by atoms with E-state index in [0.717, 1.165) is 26.1 Å². The van der Waals surface area contributed by atoms with Crippen LogP contribution in [0.1, 0.15) is 36.8 Å². The Bertz CT molecular complexity index is 446. The van der Waals surface area contributed by atoms with E-state index in [4.69, 9.17) is 0 Å². The zero-order chi connectivity index (χ0) is 14.5. The number of likely N-dealkylation sites (N-methyl/N-ethyl adjacent to an activating group) is 1. The third kappa shape index (κ3) is 3.36. The molecule has 0 aliphatic carbocycles. The summed E-state index contributed by atoms with van der Waals surface area (Å²) < 4.78 is 0. The van der Waals surface area contributed by atoms with Gasteiger partial charge in [0.05, 0.1) is 5.25 Å². The molecule has 0 spiro atoms. The number of carbonyl (C=O) groups is 1. The number of hydrogen-bond donors (Lipinski definition) is 1. The summed E-state index contributed by atoms with van der Waals surface area (Å²) >= 11 is 1.79. The van der Waals surface area contributed by atoms with Crippen LogP contribution in [0.25, 0.3) is 0 Å². The Hall–Kier alpha value is -1.00. The van der Waals surface area contributed by atoms with Crippen molar-refractivity contribution in [3.05, 3.63) is 35.4 Å². The maximum Gasteiger partial charge on any atom is 0.236 e. The molecule has 3 nitrogen and oxygen atoms in total. The summed E-state index contributed by atoms with van der Waals surface area (Å²) in [5.74, 6) is 0.293. The van der Waals surface area contributed by atoms with Crippen LogP contribution in [0.3, 0.4) is 0 Å². The number of nitrogens with one attached hydrogen (secondary N) is 1. The molecule has 2 rings (SSSR count). The first-order valence-corrected chi connectivity index (χ1v) is 8.34. The minimum absolute atomic E-state index is 0.114. The molecule has 1 aromatic rings. The van der Waals surface area contributed by atoms with Gasteiger partial charge in [0.2, 0.25) is 5.91 Å². The number of thioether (sulfide) groups is 1. The first-order chi connectivity index (χ1) is 9.67. The molecule has 0 aromatic heterocycles. The lowest BCUT2D eigenvalue weighted by Crippen LogP contribution is -2.36. The van der Waals surface area contributed by atoms with E-state index >= 15 is 0 Å². The lowest BCUT2D eigenvalue weighted by atomic mass is 10.1. The molecule has 4 heteroatoms. The number of hydrogen-bond acceptors (Lipinski definition) is 3. The van der Waals surface area contributed by atoms with Crippen molar-refractivity contribution >= 4 is 17.7 Å². The predicted octanol–water partition coefficient (Wildman–Crippen LogP) is 2.96. The molecular formula is C16H24N2OS. The second-order valence-electron chi connectivity index (χ2n) is 5.18. The Morgan fingerprint density at radius 2 is 1.95 bits per heavy atom. The van der Waals surface area contributed by atoms with E-state index in [9.17, 15) is 4.79 Å². The quantitative estimate of drug-likeness (QED) is 0.818. The lowest BCUT2D eigenvalue weighted by molar-refractivity contribution is -0.130.